The molecule has 3 aromatic rings. The van der Waals surface area contributed by atoms with E-state index in [1.165, 1.54) is 53.1 Å². The number of rotatable bonds is 3. The van der Waals surface area contributed by atoms with Crippen LogP contribution >= 0.6 is 0 Å². The summed E-state index contributed by atoms with van der Waals surface area (Å²) in [5, 5.41) is 0. The second-order valence-corrected chi connectivity index (χ2v) is 7.33. The Hall–Kier alpha value is -2.48. The predicted molar refractivity (Wildman–Crippen MR) is 107 cm³/mol. The van der Waals surface area contributed by atoms with E-state index in [2.05, 4.69) is 91.0 Å². The predicted octanol–water partition coefficient (Wildman–Crippen LogP) is 5.61. The van der Waals surface area contributed by atoms with Crippen LogP contribution < -0.4 is 4.90 Å². The zero-order chi connectivity index (χ0) is 17.4. The van der Waals surface area contributed by atoms with Crippen molar-refractivity contribution in [1.29, 1.82) is 0 Å². The molecule has 0 saturated carbocycles. The first-order valence-corrected chi connectivity index (χ1v) is 9.28. The number of fused-ring (bicyclic) bond motifs is 1. The minimum absolute atomic E-state index is 0.557. The average Bonchev–Trinajstić information content (AvgIpc) is 3.11. The Labute approximate surface area is 150 Å². The molecule has 0 amide bonds. The molecule has 0 saturated heterocycles. The highest BCUT2D eigenvalue weighted by Gasteiger charge is 2.20. The standard InChI is InChI=1S/C23H26N2/c1-17(2)24-14-4-6-19-16-20(10-13-23(19)24)22-7-5-15-25(22)21-11-8-18(3)9-12-21/h5,7-13,15-17H,4,6,14H2,1-3H3. The molecule has 1 aliphatic heterocycles. The van der Waals surface area contributed by atoms with E-state index in [9.17, 15) is 0 Å². The van der Waals surface area contributed by atoms with Crippen LogP contribution in [0.25, 0.3) is 16.9 Å². The van der Waals surface area contributed by atoms with Gasteiger partial charge in [-0.05, 0) is 81.1 Å². The Morgan fingerprint density at radius 2 is 1.76 bits per heavy atom. The van der Waals surface area contributed by atoms with Gasteiger partial charge in [0.25, 0.3) is 0 Å². The minimum atomic E-state index is 0.557. The first-order chi connectivity index (χ1) is 12.1. The van der Waals surface area contributed by atoms with Crippen molar-refractivity contribution in [3.63, 3.8) is 0 Å². The summed E-state index contributed by atoms with van der Waals surface area (Å²) in [6.07, 6.45) is 4.57. The summed E-state index contributed by atoms with van der Waals surface area (Å²) in [6.45, 7) is 7.87. The van der Waals surface area contributed by atoms with Gasteiger partial charge in [-0.3, -0.25) is 0 Å². The second kappa shape index (κ2) is 6.44. The monoisotopic (exact) mass is 330 g/mol. The zero-order valence-electron chi connectivity index (χ0n) is 15.4. The second-order valence-electron chi connectivity index (χ2n) is 7.33. The Morgan fingerprint density at radius 3 is 2.52 bits per heavy atom. The largest absolute Gasteiger partial charge is 0.369 e. The lowest BCUT2D eigenvalue weighted by Crippen LogP contribution is -2.35. The van der Waals surface area contributed by atoms with Crippen LogP contribution in [0.15, 0.2) is 60.8 Å². The van der Waals surface area contributed by atoms with Crippen molar-refractivity contribution in [3.8, 4) is 16.9 Å². The van der Waals surface area contributed by atoms with Crippen LogP contribution in [0.5, 0.6) is 0 Å². The van der Waals surface area contributed by atoms with Crippen molar-refractivity contribution < 1.29 is 0 Å². The molecule has 2 aromatic carbocycles. The SMILES string of the molecule is Cc1ccc(-n2cccc2-c2ccc3c(c2)CCCN3C(C)C)cc1. The highest BCUT2D eigenvalue weighted by Crippen LogP contribution is 2.33. The number of nitrogens with zero attached hydrogens (tertiary/aromatic N) is 2. The Balaban J connectivity index is 1.75. The van der Waals surface area contributed by atoms with Gasteiger partial charge >= 0.3 is 0 Å². The number of aryl methyl sites for hydroxylation is 2. The highest BCUT2D eigenvalue weighted by atomic mass is 15.2. The third-order valence-corrected chi connectivity index (χ3v) is 5.21. The van der Waals surface area contributed by atoms with E-state index in [1.54, 1.807) is 0 Å². The van der Waals surface area contributed by atoms with Gasteiger partial charge in [0.15, 0.2) is 0 Å². The van der Waals surface area contributed by atoms with Gasteiger partial charge in [-0.2, -0.15) is 0 Å². The molecule has 2 heteroatoms. The summed E-state index contributed by atoms with van der Waals surface area (Å²) in [5.41, 5.74) is 7.96. The fourth-order valence-electron chi connectivity index (χ4n) is 3.87. The van der Waals surface area contributed by atoms with Crippen molar-refractivity contribution in [2.24, 2.45) is 0 Å². The molecule has 0 fully saturated rings. The molecule has 0 unspecified atom stereocenters. The lowest BCUT2D eigenvalue weighted by molar-refractivity contribution is 0.626. The molecule has 1 aromatic heterocycles. The smallest absolute Gasteiger partial charge is 0.0528 e. The Kier molecular flexibility index (Phi) is 4.12. The number of benzene rings is 2. The van der Waals surface area contributed by atoms with E-state index in [-0.39, 0.29) is 0 Å². The average molecular weight is 330 g/mol. The summed E-state index contributed by atoms with van der Waals surface area (Å²) in [7, 11) is 0. The normalized spacial score (nSPS) is 14.0. The van der Waals surface area contributed by atoms with Gasteiger partial charge in [0.2, 0.25) is 0 Å². The molecule has 1 aliphatic rings. The number of aromatic nitrogens is 1. The number of hydrogen-bond donors (Lipinski definition) is 0. The van der Waals surface area contributed by atoms with E-state index < -0.39 is 0 Å². The fraction of sp³-hybridized carbons (Fsp3) is 0.304. The Morgan fingerprint density at radius 1 is 0.960 bits per heavy atom. The maximum absolute atomic E-state index is 2.53. The first kappa shape index (κ1) is 16.0. The molecule has 0 spiro atoms. The fourth-order valence-corrected chi connectivity index (χ4v) is 3.87. The lowest BCUT2D eigenvalue weighted by Gasteiger charge is -2.35. The third-order valence-electron chi connectivity index (χ3n) is 5.21. The summed E-state index contributed by atoms with van der Waals surface area (Å²) in [4.78, 5) is 2.53. The molecule has 0 aliphatic carbocycles. The van der Waals surface area contributed by atoms with Crippen LogP contribution in [0.1, 0.15) is 31.4 Å². The lowest BCUT2D eigenvalue weighted by atomic mass is 9.97. The minimum Gasteiger partial charge on any atom is -0.369 e. The number of hydrogen-bond acceptors (Lipinski definition) is 1. The maximum Gasteiger partial charge on any atom is 0.0528 e. The van der Waals surface area contributed by atoms with Gasteiger partial charge in [-0.15, -0.1) is 0 Å². The van der Waals surface area contributed by atoms with E-state index in [0.717, 1.165) is 0 Å². The van der Waals surface area contributed by atoms with Crippen LogP contribution in [0.4, 0.5) is 5.69 Å². The molecular weight excluding hydrogens is 304 g/mol. The van der Waals surface area contributed by atoms with E-state index >= 15 is 0 Å². The summed E-state index contributed by atoms with van der Waals surface area (Å²) in [5.74, 6) is 0. The van der Waals surface area contributed by atoms with Crippen molar-refractivity contribution in [2.75, 3.05) is 11.4 Å². The molecule has 128 valence electrons. The van der Waals surface area contributed by atoms with Gasteiger partial charge in [0.05, 0.1) is 5.69 Å². The molecule has 4 rings (SSSR count). The molecule has 0 N–H and O–H groups in total. The van der Waals surface area contributed by atoms with Gasteiger partial charge in [-0.25, -0.2) is 0 Å². The van der Waals surface area contributed by atoms with Crippen molar-refractivity contribution >= 4 is 5.69 Å². The topological polar surface area (TPSA) is 8.17 Å². The third kappa shape index (κ3) is 2.97. The maximum atomic E-state index is 2.53. The molecule has 2 nitrogen and oxygen atoms in total. The quantitative estimate of drug-likeness (QED) is 0.605. The van der Waals surface area contributed by atoms with Crippen molar-refractivity contribution in [1.82, 2.24) is 4.57 Å². The van der Waals surface area contributed by atoms with Gasteiger partial charge in [-0.1, -0.05) is 23.8 Å². The number of anilines is 1. The Bertz CT molecular complexity index is 871. The molecule has 0 atom stereocenters. The van der Waals surface area contributed by atoms with E-state index in [4.69, 9.17) is 0 Å². The molecule has 0 radical (unpaired) electrons. The molecule has 0 bridgehead atoms. The molecular formula is C23H26N2. The van der Waals surface area contributed by atoms with Crippen LogP contribution in [0.2, 0.25) is 0 Å². The summed E-state index contributed by atoms with van der Waals surface area (Å²) < 4.78 is 2.28. The van der Waals surface area contributed by atoms with E-state index in [1.807, 2.05) is 0 Å². The van der Waals surface area contributed by atoms with E-state index in [0.29, 0.717) is 6.04 Å². The van der Waals surface area contributed by atoms with Gasteiger partial charge in [0, 0.05) is 30.2 Å². The van der Waals surface area contributed by atoms with Gasteiger partial charge in [0.1, 0.15) is 0 Å². The molecule has 2 heterocycles. The van der Waals surface area contributed by atoms with Crippen LogP contribution in [-0.4, -0.2) is 17.2 Å². The van der Waals surface area contributed by atoms with Crippen LogP contribution in [0, 0.1) is 6.92 Å². The summed E-state index contributed by atoms with van der Waals surface area (Å²) in [6, 6.07) is 20.6. The van der Waals surface area contributed by atoms with Crippen molar-refractivity contribution in [3.05, 3.63) is 71.9 Å². The zero-order valence-corrected chi connectivity index (χ0v) is 15.4. The van der Waals surface area contributed by atoms with Crippen molar-refractivity contribution in [2.45, 2.75) is 39.7 Å². The first-order valence-electron chi connectivity index (χ1n) is 9.28. The molecule has 25 heavy (non-hydrogen) atoms. The van der Waals surface area contributed by atoms with Crippen LogP contribution in [-0.2, 0) is 6.42 Å². The summed E-state index contributed by atoms with van der Waals surface area (Å²) >= 11 is 0. The highest BCUT2D eigenvalue weighted by molar-refractivity contribution is 5.69. The van der Waals surface area contributed by atoms with Crippen LogP contribution in [0.3, 0.4) is 0 Å². The van der Waals surface area contributed by atoms with Gasteiger partial charge < -0.3 is 9.47 Å².